The molecule has 0 aliphatic heterocycles. The van der Waals surface area contributed by atoms with Gasteiger partial charge in [-0.2, -0.15) is 0 Å². The van der Waals surface area contributed by atoms with Crippen LogP contribution in [0.1, 0.15) is 23.7 Å². The summed E-state index contributed by atoms with van der Waals surface area (Å²) in [5.41, 5.74) is 5.37. The Labute approximate surface area is 114 Å². The van der Waals surface area contributed by atoms with Gasteiger partial charge < -0.3 is 16.2 Å². The third-order valence-corrected chi connectivity index (χ3v) is 2.83. The highest BCUT2D eigenvalue weighted by molar-refractivity contribution is 6.37. The van der Waals surface area contributed by atoms with Crippen molar-refractivity contribution >= 4 is 40.8 Å². The third-order valence-electron chi connectivity index (χ3n) is 2.31. The summed E-state index contributed by atoms with van der Waals surface area (Å²) in [5, 5.41) is 11.7. The predicted molar refractivity (Wildman–Crippen MR) is 70.3 cm³/mol. The minimum atomic E-state index is -1.24. The maximum Gasteiger partial charge on any atom is 0.337 e. The molecule has 0 radical (unpaired) electrons. The van der Waals surface area contributed by atoms with Gasteiger partial charge in [0.05, 0.1) is 22.3 Å². The number of benzene rings is 1. The second-order valence-corrected chi connectivity index (χ2v) is 4.46. The van der Waals surface area contributed by atoms with Gasteiger partial charge >= 0.3 is 5.97 Å². The lowest BCUT2D eigenvalue weighted by Gasteiger charge is -2.13. The number of halogens is 2. The number of nitrogens with two attached hydrogens (primary N) is 1. The van der Waals surface area contributed by atoms with Gasteiger partial charge in [-0.1, -0.05) is 30.1 Å². The molecule has 0 aliphatic carbocycles. The van der Waals surface area contributed by atoms with Crippen molar-refractivity contribution in [3.8, 4) is 0 Å². The van der Waals surface area contributed by atoms with Gasteiger partial charge in [0.15, 0.2) is 0 Å². The number of aromatic carboxylic acids is 1. The van der Waals surface area contributed by atoms with Crippen LogP contribution in [0, 0.1) is 0 Å². The van der Waals surface area contributed by atoms with Gasteiger partial charge in [-0.05, 0) is 18.6 Å². The predicted octanol–water partition coefficient (Wildman–Crippen LogP) is 2.37. The summed E-state index contributed by atoms with van der Waals surface area (Å²) in [6.45, 7) is 1.74. The lowest BCUT2D eigenvalue weighted by Crippen LogP contribution is -2.35. The van der Waals surface area contributed by atoms with E-state index in [9.17, 15) is 9.59 Å². The Bertz CT molecular complexity index is 491. The molecule has 1 aromatic carbocycles. The van der Waals surface area contributed by atoms with Crippen molar-refractivity contribution in [3.63, 3.8) is 0 Å². The second-order valence-electron chi connectivity index (χ2n) is 3.62. The zero-order chi connectivity index (χ0) is 13.9. The Hall–Kier alpha value is -1.30. The van der Waals surface area contributed by atoms with Gasteiger partial charge in [-0.15, -0.1) is 0 Å². The monoisotopic (exact) mass is 290 g/mol. The maximum absolute atomic E-state index is 11.6. The largest absolute Gasteiger partial charge is 0.478 e. The van der Waals surface area contributed by atoms with Crippen LogP contribution in [-0.2, 0) is 4.79 Å². The molecule has 0 bridgehead atoms. The Balaban J connectivity index is 3.15. The summed E-state index contributed by atoms with van der Waals surface area (Å²) in [4.78, 5) is 22.7. The van der Waals surface area contributed by atoms with Crippen LogP contribution in [0.4, 0.5) is 5.69 Å². The van der Waals surface area contributed by atoms with Crippen LogP contribution in [0.15, 0.2) is 12.1 Å². The number of carboxylic acids is 1. The van der Waals surface area contributed by atoms with Crippen LogP contribution in [0.25, 0.3) is 0 Å². The van der Waals surface area contributed by atoms with E-state index in [1.807, 2.05) is 0 Å². The Morgan fingerprint density at radius 3 is 2.56 bits per heavy atom. The minimum Gasteiger partial charge on any atom is -0.478 e. The highest BCUT2D eigenvalue weighted by atomic mass is 35.5. The van der Waals surface area contributed by atoms with E-state index >= 15 is 0 Å². The first kappa shape index (κ1) is 14.8. The molecule has 98 valence electrons. The first-order chi connectivity index (χ1) is 8.36. The fraction of sp³-hybridized carbons (Fsp3) is 0.273. The smallest absolute Gasteiger partial charge is 0.337 e. The van der Waals surface area contributed by atoms with Crippen molar-refractivity contribution in [1.29, 1.82) is 0 Å². The van der Waals surface area contributed by atoms with Crippen molar-refractivity contribution in [2.75, 3.05) is 5.32 Å². The van der Waals surface area contributed by atoms with E-state index in [0.717, 1.165) is 0 Å². The molecular weight excluding hydrogens is 279 g/mol. The van der Waals surface area contributed by atoms with Crippen LogP contribution in [-0.4, -0.2) is 23.0 Å². The van der Waals surface area contributed by atoms with E-state index in [-0.39, 0.29) is 21.3 Å². The average molecular weight is 291 g/mol. The summed E-state index contributed by atoms with van der Waals surface area (Å²) in [7, 11) is 0. The van der Waals surface area contributed by atoms with Crippen molar-refractivity contribution in [2.45, 2.75) is 19.4 Å². The molecule has 0 unspecified atom stereocenters. The number of carbonyl (C=O) groups is 2. The topological polar surface area (TPSA) is 92.4 Å². The Morgan fingerprint density at radius 2 is 2.06 bits per heavy atom. The van der Waals surface area contributed by atoms with Crippen molar-refractivity contribution in [3.05, 3.63) is 27.7 Å². The minimum absolute atomic E-state index is 0.00228. The molecule has 7 heteroatoms. The highest BCUT2D eigenvalue weighted by Gasteiger charge is 2.19. The highest BCUT2D eigenvalue weighted by Crippen LogP contribution is 2.30. The zero-order valence-electron chi connectivity index (χ0n) is 9.54. The van der Waals surface area contributed by atoms with Gasteiger partial charge in [-0.25, -0.2) is 4.79 Å². The van der Waals surface area contributed by atoms with Crippen LogP contribution >= 0.6 is 23.2 Å². The number of nitrogens with one attached hydrogen (secondary N) is 1. The quantitative estimate of drug-likeness (QED) is 0.794. The van der Waals surface area contributed by atoms with E-state index in [2.05, 4.69) is 5.32 Å². The number of carboxylic acid groups (broad SMARTS) is 1. The summed E-state index contributed by atoms with van der Waals surface area (Å²) < 4.78 is 0. The number of hydrogen-bond donors (Lipinski definition) is 3. The van der Waals surface area contributed by atoms with E-state index in [1.54, 1.807) is 6.92 Å². The summed E-state index contributed by atoms with van der Waals surface area (Å²) in [6, 6.07) is 1.84. The van der Waals surface area contributed by atoms with Crippen molar-refractivity contribution < 1.29 is 14.7 Å². The van der Waals surface area contributed by atoms with Gasteiger partial charge in [-0.3, -0.25) is 4.79 Å². The standard InChI is InChI=1S/C11H12Cl2N2O3/c1-2-8(14)10(16)15-9-6(11(17)18)3-5(12)4-7(9)13/h3-4,8H,2,14H2,1H3,(H,15,16)(H,17,18)/t8-/m0/s1. The Kier molecular flexibility index (Phi) is 4.95. The number of hydrogen-bond acceptors (Lipinski definition) is 3. The Morgan fingerprint density at radius 1 is 1.44 bits per heavy atom. The van der Waals surface area contributed by atoms with Crippen molar-refractivity contribution in [1.82, 2.24) is 0 Å². The molecule has 0 saturated heterocycles. The third kappa shape index (κ3) is 3.35. The molecule has 1 aromatic rings. The summed E-state index contributed by atoms with van der Waals surface area (Å²) in [6.07, 6.45) is 0.430. The first-order valence-corrected chi connectivity index (χ1v) is 5.91. The number of amides is 1. The molecule has 4 N–H and O–H groups in total. The molecule has 1 amide bonds. The molecule has 0 fully saturated rings. The van der Waals surface area contributed by atoms with Crippen molar-refractivity contribution in [2.24, 2.45) is 5.73 Å². The average Bonchev–Trinajstić information content (AvgIpc) is 2.30. The van der Waals surface area contributed by atoms with Gasteiger partial charge in [0.25, 0.3) is 0 Å². The van der Waals surface area contributed by atoms with Gasteiger partial charge in [0.1, 0.15) is 0 Å². The molecule has 0 heterocycles. The molecule has 5 nitrogen and oxygen atoms in total. The lowest BCUT2D eigenvalue weighted by atomic mass is 10.1. The molecular formula is C11H12Cl2N2O3. The van der Waals surface area contributed by atoms with E-state index in [0.29, 0.717) is 6.42 Å². The molecule has 0 aliphatic rings. The van der Waals surface area contributed by atoms with E-state index in [1.165, 1.54) is 12.1 Å². The number of rotatable bonds is 4. The first-order valence-electron chi connectivity index (χ1n) is 5.15. The summed E-state index contributed by atoms with van der Waals surface area (Å²) in [5.74, 6) is -1.73. The normalized spacial score (nSPS) is 12.0. The SMILES string of the molecule is CC[C@H](N)C(=O)Nc1c(Cl)cc(Cl)cc1C(=O)O. The molecule has 1 atom stereocenters. The van der Waals surface area contributed by atoms with E-state index < -0.39 is 17.9 Å². The molecule has 0 saturated carbocycles. The van der Waals surface area contributed by atoms with Crippen LogP contribution < -0.4 is 11.1 Å². The van der Waals surface area contributed by atoms with Gasteiger partial charge in [0, 0.05) is 5.02 Å². The van der Waals surface area contributed by atoms with Gasteiger partial charge in [0.2, 0.25) is 5.91 Å². The fourth-order valence-corrected chi connectivity index (χ4v) is 1.81. The molecule has 1 rings (SSSR count). The molecule has 18 heavy (non-hydrogen) atoms. The lowest BCUT2D eigenvalue weighted by molar-refractivity contribution is -0.117. The van der Waals surface area contributed by atoms with Crippen LogP contribution in [0.2, 0.25) is 10.0 Å². The second kappa shape index (κ2) is 6.04. The summed E-state index contributed by atoms with van der Waals surface area (Å²) >= 11 is 11.6. The van der Waals surface area contributed by atoms with E-state index in [4.69, 9.17) is 34.0 Å². The van der Waals surface area contributed by atoms with Crippen LogP contribution in [0.5, 0.6) is 0 Å². The molecule has 0 aromatic heterocycles. The molecule has 0 spiro atoms. The number of carbonyl (C=O) groups excluding carboxylic acids is 1. The van der Waals surface area contributed by atoms with Crippen LogP contribution in [0.3, 0.4) is 0 Å². The maximum atomic E-state index is 11.6. The zero-order valence-corrected chi connectivity index (χ0v) is 11.0. The number of anilines is 1. The fourth-order valence-electron chi connectivity index (χ4n) is 1.27.